The number of nitrogens with zero attached hydrogens (tertiary/aromatic N) is 7. The number of hydrogen-bond donors (Lipinski definition) is 2. The summed E-state index contributed by atoms with van der Waals surface area (Å²) in [6, 6.07) is 18.4. The Morgan fingerprint density at radius 2 is 1.74 bits per heavy atom. The Hall–Kier alpha value is -4.82. The van der Waals surface area contributed by atoms with Gasteiger partial charge in [0, 0.05) is 16.8 Å². The Labute approximate surface area is 240 Å². The first-order valence-electron chi connectivity index (χ1n) is 12.5. The number of halogens is 4. The van der Waals surface area contributed by atoms with Gasteiger partial charge in [-0.3, -0.25) is 9.36 Å². The highest BCUT2D eigenvalue weighted by Gasteiger charge is 2.39. The number of aliphatic hydroxyl groups is 1. The van der Waals surface area contributed by atoms with Crippen molar-refractivity contribution in [1.82, 2.24) is 34.1 Å². The van der Waals surface area contributed by atoms with Gasteiger partial charge in [-0.1, -0.05) is 41.9 Å². The van der Waals surface area contributed by atoms with Crippen molar-refractivity contribution in [2.24, 2.45) is 0 Å². The molecule has 15 heteroatoms. The van der Waals surface area contributed by atoms with E-state index in [0.29, 0.717) is 16.3 Å². The molecule has 0 saturated heterocycles. The second-order valence-corrected chi connectivity index (χ2v) is 9.56. The molecular weight excluding hydrogens is 577 g/mol. The average molecular weight is 599 g/mol. The van der Waals surface area contributed by atoms with Crippen LogP contribution in [0.15, 0.2) is 84.0 Å². The maximum Gasteiger partial charge on any atom is 0.416 e. The summed E-state index contributed by atoms with van der Waals surface area (Å²) in [6.45, 7) is -1.36. The highest BCUT2D eigenvalue weighted by atomic mass is 35.5. The van der Waals surface area contributed by atoms with Crippen LogP contribution in [0.3, 0.4) is 0 Å². The van der Waals surface area contributed by atoms with E-state index in [2.05, 4.69) is 25.5 Å². The fraction of sp³-hybridized carbons (Fsp3) is 0.185. The normalized spacial score (nSPS) is 12.3. The van der Waals surface area contributed by atoms with E-state index >= 15 is 0 Å². The van der Waals surface area contributed by atoms with Crippen LogP contribution in [0.4, 0.5) is 19.0 Å². The zero-order valence-corrected chi connectivity index (χ0v) is 22.4. The molecule has 0 bridgehead atoms. The van der Waals surface area contributed by atoms with E-state index in [0.717, 1.165) is 14.8 Å². The van der Waals surface area contributed by atoms with Gasteiger partial charge >= 0.3 is 11.9 Å². The monoisotopic (exact) mass is 598 g/mol. The molecule has 3 heterocycles. The van der Waals surface area contributed by atoms with Gasteiger partial charge in [-0.2, -0.15) is 13.2 Å². The lowest BCUT2D eigenvalue weighted by Crippen LogP contribution is -2.37. The molecule has 2 aromatic carbocycles. The van der Waals surface area contributed by atoms with Crippen LogP contribution in [0.25, 0.3) is 17.1 Å². The van der Waals surface area contributed by atoms with Gasteiger partial charge in [0.1, 0.15) is 18.6 Å². The van der Waals surface area contributed by atoms with Crippen molar-refractivity contribution in [2.75, 3.05) is 5.32 Å². The topological polar surface area (TPSA) is 133 Å². The molecule has 3 aromatic heterocycles. The van der Waals surface area contributed by atoms with Gasteiger partial charge in [-0.25, -0.2) is 24.1 Å². The summed E-state index contributed by atoms with van der Waals surface area (Å²) in [6.07, 6.45) is -4.77. The summed E-state index contributed by atoms with van der Waals surface area (Å²) < 4.78 is 42.4. The molecule has 42 heavy (non-hydrogen) atoms. The van der Waals surface area contributed by atoms with Crippen LogP contribution < -0.4 is 11.0 Å². The lowest BCUT2D eigenvalue weighted by atomic mass is 10.1. The summed E-state index contributed by atoms with van der Waals surface area (Å²) in [5.74, 6) is -0.0712. The minimum absolute atomic E-state index is 0.102. The first kappa shape index (κ1) is 28.7. The Kier molecular flexibility index (Phi) is 8.17. The molecule has 0 spiro atoms. The third kappa shape index (κ3) is 6.56. The average Bonchev–Trinajstić information content (AvgIpc) is 3.54. The number of alkyl halides is 3. The number of anilines is 1. The molecule has 0 unspecified atom stereocenters. The number of carbonyl (C=O) groups excluding carboxylic acids is 1. The van der Waals surface area contributed by atoms with Crippen LogP contribution >= 0.6 is 11.6 Å². The van der Waals surface area contributed by atoms with Crippen molar-refractivity contribution in [3.05, 3.63) is 106 Å². The van der Waals surface area contributed by atoms with Crippen molar-refractivity contribution in [1.29, 1.82) is 0 Å². The summed E-state index contributed by atoms with van der Waals surface area (Å²) in [5, 5.41) is 21.4. The van der Waals surface area contributed by atoms with Crippen LogP contribution in [-0.2, 0) is 24.3 Å². The Bertz CT molecular complexity index is 1750. The minimum Gasteiger partial charge on any atom is -0.382 e. The summed E-state index contributed by atoms with van der Waals surface area (Å²) in [7, 11) is 0. The summed E-state index contributed by atoms with van der Waals surface area (Å²) in [5.41, 5.74) is 0.621. The molecule has 0 aliphatic heterocycles. The fourth-order valence-corrected chi connectivity index (χ4v) is 4.18. The summed E-state index contributed by atoms with van der Waals surface area (Å²) >= 11 is 5.93. The quantitative estimate of drug-likeness (QED) is 0.265. The van der Waals surface area contributed by atoms with E-state index in [9.17, 15) is 27.9 Å². The molecule has 0 aliphatic carbocycles. The van der Waals surface area contributed by atoms with Crippen molar-refractivity contribution < 1.29 is 23.1 Å². The Morgan fingerprint density at radius 1 is 1.00 bits per heavy atom. The van der Waals surface area contributed by atoms with E-state index < -0.39 is 24.5 Å². The second kappa shape index (κ2) is 12.0. The molecule has 0 saturated carbocycles. The van der Waals surface area contributed by atoms with Crippen molar-refractivity contribution >= 4 is 23.3 Å². The highest BCUT2D eigenvalue weighted by Crippen LogP contribution is 2.24. The van der Waals surface area contributed by atoms with Gasteiger partial charge < -0.3 is 10.4 Å². The molecule has 0 radical (unpaired) electrons. The predicted molar refractivity (Wildman–Crippen MR) is 146 cm³/mol. The van der Waals surface area contributed by atoms with Gasteiger partial charge in [-0.05, 0) is 42.0 Å². The third-order valence-electron chi connectivity index (χ3n) is 6.09. The Morgan fingerprint density at radius 3 is 2.45 bits per heavy atom. The van der Waals surface area contributed by atoms with E-state index in [1.807, 2.05) is 30.3 Å². The number of aromatic nitrogens is 7. The third-order valence-corrected chi connectivity index (χ3v) is 6.34. The molecule has 5 rings (SSSR count). The van der Waals surface area contributed by atoms with Crippen LogP contribution in [-0.4, -0.2) is 57.4 Å². The van der Waals surface area contributed by atoms with Crippen molar-refractivity contribution in [3.63, 3.8) is 0 Å². The lowest BCUT2D eigenvalue weighted by molar-refractivity contribution is -0.207. The molecule has 0 aliphatic rings. The zero-order valence-electron chi connectivity index (χ0n) is 21.6. The van der Waals surface area contributed by atoms with Crippen LogP contribution in [0, 0.1) is 0 Å². The number of pyridine rings is 1. The first-order chi connectivity index (χ1) is 20.1. The van der Waals surface area contributed by atoms with E-state index in [4.69, 9.17) is 11.6 Å². The standard InChI is InChI=1S/C27H22ClF3N8O3/c28-19-10-8-18(9-11-19)25-36-38(26(42)37(25)14-21(40)27(29,30)31)15-22-33-16-39(35-22)20-7-4-12-32-24(20)34-23(41)13-17-5-2-1-3-6-17/h1-12,16,21,40H,13-15H2,(H,32,34,41)/t21-/m0/s1. The van der Waals surface area contributed by atoms with Crippen LogP contribution in [0.1, 0.15) is 11.4 Å². The smallest absolute Gasteiger partial charge is 0.382 e. The molecular formula is C27H22ClF3N8O3. The first-order valence-corrected chi connectivity index (χ1v) is 12.8. The number of hydrogen-bond acceptors (Lipinski definition) is 7. The number of aliphatic hydroxyl groups excluding tert-OH is 1. The fourth-order valence-electron chi connectivity index (χ4n) is 4.05. The lowest BCUT2D eigenvalue weighted by Gasteiger charge is -2.15. The number of nitrogens with one attached hydrogen (secondary N) is 1. The van der Waals surface area contributed by atoms with Crippen LogP contribution in [0.2, 0.25) is 5.02 Å². The van der Waals surface area contributed by atoms with Gasteiger partial charge in [0.05, 0.1) is 13.0 Å². The molecule has 0 fully saturated rings. The highest BCUT2D eigenvalue weighted by molar-refractivity contribution is 6.30. The molecule has 1 amide bonds. The Balaban J connectivity index is 1.40. The van der Waals surface area contributed by atoms with Gasteiger partial charge in [0.25, 0.3) is 0 Å². The van der Waals surface area contributed by atoms with Gasteiger partial charge in [0.2, 0.25) is 5.91 Å². The maximum absolute atomic E-state index is 13.1. The zero-order chi connectivity index (χ0) is 29.9. The number of carbonyl (C=O) groups is 1. The number of benzene rings is 2. The molecule has 11 nitrogen and oxygen atoms in total. The van der Waals surface area contributed by atoms with Gasteiger partial charge in [0.15, 0.2) is 23.6 Å². The second-order valence-electron chi connectivity index (χ2n) is 9.13. The number of rotatable bonds is 9. The molecule has 216 valence electrons. The van der Waals surface area contributed by atoms with Crippen molar-refractivity contribution in [2.45, 2.75) is 31.8 Å². The number of amides is 1. The van der Waals surface area contributed by atoms with Crippen LogP contribution in [0.5, 0.6) is 0 Å². The van der Waals surface area contributed by atoms with E-state index in [1.165, 1.54) is 41.5 Å². The SMILES string of the molecule is O=C(Cc1ccccc1)Nc1ncccc1-n1cnc(Cn2nc(-c3ccc(Cl)cc3)n(C[C@H](O)C(F)(F)F)c2=O)n1. The van der Waals surface area contributed by atoms with Crippen molar-refractivity contribution in [3.8, 4) is 17.1 Å². The van der Waals surface area contributed by atoms with E-state index in [1.54, 1.807) is 12.1 Å². The molecule has 2 N–H and O–H groups in total. The predicted octanol–water partition coefficient (Wildman–Crippen LogP) is 3.49. The maximum atomic E-state index is 13.1. The van der Waals surface area contributed by atoms with Gasteiger partial charge in [-0.15, -0.1) is 10.2 Å². The molecule has 5 aromatic rings. The minimum atomic E-state index is -4.95. The summed E-state index contributed by atoms with van der Waals surface area (Å²) in [4.78, 5) is 34.2. The molecule has 1 atom stereocenters. The van der Waals surface area contributed by atoms with E-state index in [-0.39, 0.29) is 36.3 Å². The largest absolute Gasteiger partial charge is 0.416 e.